The number of benzene rings is 8. The second kappa shape index (κ2) is 12.5. The largest absolute Gasteiger partial charge is 0.308 e. The monoisotopic (exact) mass is 686 g/mol. The molecule has 0 bridgehead atoms. The van der Waals surface area contributed by atoms with Crippen molar-refractivity contribution in [3.8, 4) is 50.8 Å². The van der Waals surface area contributed by atoms with Gasteiger partial charge in [-0.05, 0) is 94.0 Å². The lowest BCUT2D eigenvalue weighted by atomic mass is 9.99. The first-order chi connectivity index (χ1) is 26.7. The molecule has 0 aliphatic rings. The Morgan fingerprint density at radius 2 is 0.889 bits per heavy atom. The normalized spacial score (nSPS) is 11.3. The Balaban J connectivity index is 1.33. The molecule has 4 heteroatoms. The van der Waals surface area contributed by atoms with Gasteiger partial charge in [0.2, 0.25) is 0 Å². The zero-order chi connectivity index (χ0) is 36.2. The van der Waals surface area contributed by atoms with E-state index in [4.69, 9.17) is 6.57 Å². The van der Waals surface area contributed by atoms with E-state index >= 15 is 0 Å². The summed E-state index contributed by atoms with van der Waals surface area (Å²) in [4.78, 5) is 4.12. The van der Waals surface area contributed by atoms with Crippen molar-refractivity contribution in [2.45, 2.75) is 0 Å². The van der Waals surface area contributed by atoms with Crippen LogP contribution in [0, 0.1) is 17.9 Å². The molecule has 0 aliphatic heterocycles. The smallest absolute Gasteiger partial charge is 0.197 e. The SMILES string of the molecule is [C-]#[N+]c1cc(-n2c3ccccc3c3cc(-c4ccccc4)ccc32)c(-n2c3ccccc3c3cc(-c4ccccc4)ccc32)cc1-c1cccc(C#N)c1. The first-order valence-corrected chi connectivity index (χ1v) is 17.9. The summed E-state index contributed by atoms with van der Waals surface area (Å²) in [6, 6.07) is 65.5. The standard InChI is InChI=1S/C50H30N4/c1-52-44-31-50(54-46-22-11-9-20-40(46)43-29-37(24-26-48(43)54)35-16-6-3-7-17-35)49(30-41(44)38-18-12-13-33(27-38)32-51)53-45-21-10-8-19-39(45)42-28-36(23-25-47(42)53)34-14-4-2-5-15-34/h2-31H. The lowest BCUT2D eigenvalue weighted by Crippen LogP contribution is -2.04. The van der Waals surface area contributed by atoms with Crippen LogP contribution in [0.3, 0.4) is 0 Å². The van der Waals surface area contributed by atoms with Crippen molar-refractivity contribution in [3.05, 3.63) is 199 Å². The Morgan fingerprint density at radius 3 is 1.43 bits per heavy atom. The molecular weight excluding hydrogens is 657 g/mol. The van der Waals surface area contributed by atoms with Gasteiger partial charge in [-0.15, -0.1) is 0 Å². The van der Waals surface area contributed by atoms with Crippen LogP contribution >= 0.6 is 0 Å². The van der Waals surface area contributed by atoms with E-state index in [-0.39, 0.29) is 0 Å². The van der Waals surface area contributed by atoms with Crippen molar-refractivity contribution in [1.82, 2.24) is 9.13 Å². The molecule has 0 aliphatic carbocycles. The molecule has 0 fully saturated rings. The zero-order valence-electron chi connectivity index (χ0n) is 29.1. The third-order valence-corrected chi connectivity index (χ3v) is 10.6. The van der Waals surface area contributed by atoms with E-state index in [1.165, 1.54) is 0 Å². The van der Waals surface area contributed by atoms with Crippen LogP contribution < -0.4 is 0 Å². The van der Waals surface area contributed by atoms with E-state index in [0.29, 0.717) is 11.3 Å². The van der Waals surface area contributed by atoms with Crippen LogP contribution in [0.5, 0.6) is 0 Å². The summed E-state index contributed by atoms with van der Waals surface area (Å²) in [5.74, 6) is 0. The van der Waals surface area contributed by atoms with Gasteiger partial charge in [0.15, 0.2) is 5.69 Å². The number of hydrogen-bond acceptors (Lipinski definition) is 1. The van der Waals surface area contributed by atoms with E-state index in [0.717, 1.165) is 88.4 Å². The maximum atomic E-state index is 9.83. The fraction of sp³-hybridized carbons (Fsp3) is 0. The summed E-state index contributed by atoms with van der Waals surface area (Å²) in [7, 11) is 0. The van der Waals surface area contributed by atoms with Gasteiger partial charge in [0.1, 0.15) is 0 Å². The Morgan fingerprint density at radius 1 is 0.407 bits per heavy atom. The molecule has 0 spiro atoms. The van der Waals surface area contributed by atoms with Crippen molar-refractivity contribution in [3.63, 3.8) is 0 Å². The topological polar surface area (TPSA) is 38.0 Å². The maximum Gasteiger partial charge on any atom is 0.197 e. The highest BCUT2D eigenvalue weighted by atomic mass is 15.1. The van der Waals surface area contributed by atoms with Crippen LogP contribution in [0.1, 0.15) is 5.56 Å². The minimum atomic E-state index is 0.516. The molecule has 250 valence electrons. The third kappa shape index (κ3) is 4.90. The van der Waals surface area contributed by atoms with Crippen molar-refractivity contribution in [1.29, 1.82) is 5.26 Å². The Bertz CT molecular complexity index is 3170. The second-order valence-electron chi connectivity index (χ2n) is 13.6. The fourth-order valence-corrected chi connectivity index (χ4v) is 8.09. The molecule has 2 heterocycles. The van der Waals surface area contributed by atoms with Gasteiger partial charge in [-0.1, -0.05) is 121 Å². The molecule has 0 unspecified atom stereocenters. The molecule has 0 N–H and O–H groups in total. The molecule has 0 amide bonds. The van der Waals surface area contributed by atoms with Gasteiger partial charge in [-0.25, -0.2) is 4.85 Å². The van der Waals surface area contributed by atoms with Gasteiger partial charge in [0.05, 0.1) is 51.6 Å². The Hall–Kier alpha value is -7.66. The number of aromatic nitrogens is 2. The lowest BCUT2D eigenvalue weighted by Gasteiger charge is -2.20. The molecule has 0 radical (unpaired) electrons. The summed E-state index contributed by atoms with van der Waals surface area (Å²) in [6.45, 7) is 8.46. The van der Waals surface area contributed by atoms with Gasteiger partial charge >= 0.3 is 0 Å². The zero-order valence-corrected chi connectivity index (χ0v) is 29.1. The predicted octanol–water partition coefficient (Wildman–Crippen LogP) is 13.3. The molecule has 0 saturated heterocycles. The molecule has 10 aromatic rings. The van der Waals surface area contributed by atoms with E-state index in [1.54, 1.807) is 6.07 Å². The summed E-state index contributed by atoms with van der Waals surface area (Å²) in [6.07, 6.45) is 0. The van der Waals surface area contributed by atoms with Crippen molar-refractivity contribution < 1.29 is 0 Å². The van der Waals surface area contributed by atoms with Crippen LogP contribution in [0.4, 0.5) is 5.69 Å². The molecular formula is C50H30N4. The number of nitriles is 1. The molecule has 4 nitrogen and oxygen atoms in total. The molecule has 10 rings (SSSR count). The minimum absolute atomic E-state index is 0.516. The molecule has 54 heavy (non-hydrogen) atoms. The van der Waals surface area contributed by atoms with Gasteiger partial charge < -0.3 is 9.13 Å². The quantitative estimate of drug-likeness (QED) is 0.166. The van der Waals surface area contributed by atoms with Crippen molar-refractivity contribution in [2.75, 3.05) is 0 Å². The first-order valence-electron chi connectivity index (χ1n) is 17.9. The summed E-state index contributed by atoms with van der Waals surface area (Å²) in [5.41, 5.74) is 13.4. The number of rotatable bonds is 5. The second-order valence-corrected chi connectivity index (χ2v) is 13.6. The number of nitrogens with zero attached hydrogens (tertiary/aromatic N) is 4. The predicted molar refractivity (Wildman–Crippen MR) is 222 cm³/mol. The average Bonchev–Trinajstić information content (AvgIpc) is 3.76. The number of hydrogen-bond donors (Lipinski definition) is 0. The highest BCUT2D eigenvalue weighted by Gasteiger charge is 2.23. The molecule has 0 saturated carbocycles. The van der Waals surface area contributed by atoms with E-state index < -0.39 is 0 Å². The van der Waals surface area contributed by atoms with Crippen LogP contribution in [-0.2, 0) is 0 Å². The summed E-state index contributed by atoms with van der Waals surface area (Å²) >= 11 is 0. The third-order valence-electron chi connectivity index (χ3n) is 10.6. The summed E-state index contributed by atoms with van der Waals surface area (Å²) < 4.78 is 4.66. The van der Waals surface area contributed by atoms with Gasteiger partial charge in [-0.3, -0.25) is 0 Å². The highest BCUT2D eigenvalue weighted by Crippen LogP contribution is 2.44. The molecule has 8 aromatic carbocycles. The fourth-order valence-electron chi connectivity index (χ4n) is 8.09. The number of para-hydroxylation sites is 2. The van der Waals surface area contributed by atoms with Gasteiger partial charge in [0, 0.05) is 21.5 Å². The molecule has 0 atom stereocenters. The van der Waals surface area contributed by atoms with Gasteiger partial charge in [-0.2, -0.15) is 5.26 Å². The average molecular weight is 687 g/mol. The minimum Gasteiger partial charge on any atom is -0.308 e. The van der Waals surface area contributed by atoms with Gasteiger partial charge in [0.25, 0.3) is 0 Å². The van der Waals surface area contributed by atoms with Crippen LogP contribution in [-0.4, -0.2) is 9.13 Å². The van der Waals surface area contributed by atoms with E-state index in [2.05, 4.69) is 160 Å². The first kappa shape index (κ1) is 31.1. The lowest BCUT2D eigenvalue weighted by molar-refractivity contribution is 1.10. The van der Waals surface area contributed by atoms with Crippen LogP contribution in [0.2, 0.25) is 0 Å². The number of fused-ring (bicyclic) bond motifs is 6. The van der Waals surface area contributed by atoms with Crippen molar-refractivity contribution >= 4 is 49.3 Å². The highest BCUT2D eigenvalue weighted by molar-refractivity contribution is 6.13. The van der Waals surface area contributed by atoms with E-state index in [1.807, 2.05) is 36.4 Å². The Labute approximate surface area is 312 Å². The maximum absolute atomic E-state index is 9.83. The van der Waals surface area contributed by atoms with E-state index in [9.17, 15) is 5.26 Å². The van der Waals surface area contributed by atoms with Crippen LogP contribution in [0.25, 0.3) is 93.2 Å². The van der Waals surface area contributed by atoms with Crippen molar-refractivity contribution in [2.24, 2.45) is 0 Å². The van der Waals surface area contributed by atoms with Crippen LogP contribution in [0.15, 0.2) is 182 Å². The summed E-state index contributed by atoms with van der Waals surface area (Å²) in [5, 5.41) is 14.4. The Kier molecular flexibility index (Phi) is 7.22. The molecule has 2 aromatic heterocycles.